The Balaban J connectivity index is 2.94. The Morgan fingerprint density at radius 1 is 1.38 bits per heavy atom. The van der Waals surface area contributed by atoms with Gasteiger partial charge >= 0.3 is 0 Å². The molecule has 0 spiro atoms. The molecule has 0 atom stereocenters. The van der Waals surface area contributed by atoms with E-state index in [1.165, 1.54) is 0 Å². The average Bonchev–Trinajstić information content (AvgIpc) is 2.09. The monoisotopic (exact) mass is 202 g/mol. The highest BCUT2D eigenvalue weighted by Crippen LogP contribution is 2.17. The van der Waals surface area contributed by atoms with Crippen LogP contribution in [-0.4, -0.2) is 16.4 Å². The average molecular weight is 203 g/mol. The Morgan fingerprint density at radius 3 is 2.69 bits per heavy atom. The number of aromatic nitrogens is 2. The van der Waals surface area contributed by atoms with E-state index >= 15 is 0 Å². The molecule has 0 aliphatic heterocycles. The van der Waals surface area contributed by atoms with Crippen molar-refractivity contribution in [1.82, 2.24) is 9.97 Å². The predicted molar refractivity (Wildman–Crippen MR) is 46.7 cm³/mol. The Bertz CT molecular complexity index is 331. The maximum Gasteiger partial charge on any atom is 0.293 e. The summed E-state index contributed by atoms with van der Waals surface area (Å²) in [5, 5.41) is 0.0405. The van der Waals surface area contributed by atoms with Crippen molar-refractivity contribution in [1.29, 1.82) is 0 Å². The quantitative estimate of drug-likeness (QED) is 0.667. The largest absolute Gasteiger partial charge is 0.461 e. The van der Waals surface area contributed by atoms with E-state index in [1.807, 2.05) is 0 Å². The molecular formula is C6H7ClN4O2. The van der Waals surface area contributed by atoms with Crippen LogP contribution in [-0.2, 0) is 16.1 Å². The first-order valence-electron chi connectivity index (χ1n) is 3.27. The Kier molecular flexibility index (Phi) is 2.86. The first-order valence-corrected chi connectivity index (χ1v) is 3.65. The Hall–Kier alpha value is -1.56. The molecule has 0 aromatic carbocycles. The lowest BCUT2D eigenvalue weighted by molar-refractivity contribution is -0.129. The molecule has 6 nitrogen and oxygen atoms in total. The van der Waals surface area contributed by atoms with Gasteiger partial charge in [-0.3, -0.25) is 4.79 Å². The normalized spacial score (nSPS) is 9.62. The van der Waals surface area contributed by atoms with E-state index in [0.717, 1.165) is 0 Å². The summed E-state index contributed by atoms with van der Waals surface area (Å²) in [6.45, 7) is 0.216. The lowest BCUT2D eigenvalue weighted by Gasteiger charge is -2.04. The number of rotatable bonds is 3. The molecule has 0 unspecified atom stereocenters. The third-order valence-electron chi connectivity index (χ3n) is 1.27. The van der Waals surface area contributed by atoms with Crippen molar-refractivity contribution < 1.29 is 9.53 Å². The summed E-state index contributed by atoms with van der Waals surface area (Å²) >= 11 is 5.57. The van der Waals surface area contributed by atoms with Gasteiger partial charge in [0.1, 0.15) is 12.3 Å². The molecule has 0 aliphatic rings. The van der Waals surface area contributed by atoms with Crippen LogP contribution in [0, 0.1) is 0 Å². The van der Waals surface area contributed by atoms with Crippen LogP contribution >= 0.6 is 11.6 Å². The smallest absolute Gasteiger partial charge is 0.293 e. The molecule has 13 heavy (non-hydrogen) atoms. The topological polar surface area (TPSA) is 104 Å². The predicted octanol–water partition coefficient (Wildman–Crippen LogP) is -0.0326. The van der Waals surface area contributed by atoms with Crippen LogP contribution in [0.25, 0.3) is 0 Å². The fraction of sp³-hybridized carbons (Fsp3) is 0.167. The van der Waals surface area contributed by atoms with Gasteiger partial charge in [-0.1, -0.05) is 11.6 Å². The maximum absolute atomic E-state index is 9.87. The van der Waals surface area contributed by atoms with Crippen molar-refractivity contribution in [2.24, 2.45) is 0 Å². The van der Waals surface area contributed by atoms with Gasteiger partial charge in [-0.2, -0.15) is 0 Å². The number of hydrogen-bond donors (Lipinski definition) is 2. The zero-order valence-corrected chi connectivity index (χ0v) is 7.28. The second-order valence-corrected chi connectivity index (χ2v) is 2.50. The summed E-state index contributed by atoms with van der Waals surface area (Å²) in [5.74, 6) is 0.151. The second kappa shape index (κ2) is 3.90. The zero-order valence-electron chi connectivity index (χ0n) is 6.53. The minimum atomic E-state index is -0.0671. The highest BCUT2D eigenvalue weighted by Gasteiger charge is 2.07. The van der Waals surface area contributed by atoms with Crippen LogP contribution in [0.3, 0.4) is 0 Å². The molecule has 1 heterocycles. The summed E-state index contributed by atoms with van der Waals surface area (Å²) in [7, 11) is 0. The van der Waals surface area contributed by atoms with E-state index < -0.39 is 0 Å². The second-order valence-electron chi connectivity index (χ2n) is 2.14. The van der Waals surface area contributed by atoms with Crippen molar-refractivity contribution >= 4 is 29.7 Å². The number of hydrogen-bond acceptors (Lipinski definition) is 6. The maximum atomic E-state index is 9.87. The summed E-state index contributed by atoms with van der Waals surface area (Å²) in [4.78, 5) is 17.3. The molecule has 1 aromatic heterocycles. The van der Waals surface area contributed by atoms with E-state index in [-0.39, 0.29) is 35.6 Å². The van der Waals surface area contributed by atoms with E-state index in [1.54, 1.807) is 0 Å². The highest BCUT2D eigenvalue weighted by molar-refractivity contribution is 6.31. The molecule has 4 N–H and O–H groups in total. The molecule has 1 rings (SSSR count). The fourth-order valence-electron chi connectivity index (χ4n) is 0.693. The fourth-order valence-corrected chi connectivity index (χ4v) is 0.837. The summed E-state index contributed by atoms with van der Waals surface area (Å²) in [5.41, 5.74) is 11.0. The number of ether oxygens (including phenoxy) is 1. The van der Waals surface area contributed by atoms with Gasteiger partial charge in [-0.15, -0.1) is 0 Å². The molecule has 7 heteroatoms. The molecule has 0 fully saturated rings. The molecule has 0 saturated carbocycles. The highest BCUT2D eigenvalue weighted by atomic mass is 35.5. The van der Waals surface area contributed by atoms with Gasteiger partial charge in [-0.25, -0.2) is 9.97 Å². The molecule has 0 bridgehead atoms. The molecule has 0 amide bonds. The van der Waals surface area contributed by atoms with Crippen molar-refractivity contribution in [3.8, 4) is 0 Å². The number of nitrogen functional groups attached to an aromatic ring is 2. The lowest BCUT2D eigenvalue weighted by atomic mass is 10.4. The number of nitrogens with zero attached hydrogens (tertiary/aromatic N) is 2. The van der Waals surface area contributed by atoms with Crippen LogP contribution < -0.4 is 11.5 Å². The SMILES string of the molecule is Nc1nc(N)c(COC=O)nc1Cl. The van der Waals surface area contributed by atoms with E-state index in [0.29, 0.717) is 0 Å². The minimum Gasteiger partial charge on any atom is -0.461 e. The molecule has 0 aliphatic carbocycles. The first kappa shape index (κ1) is 9.53. The van der Waals surface area contributed by atoms with Crippen molar-refractivity contribution in [2.75, 3.05) is 11.5 Å². The number of anilines is 2. The summed E-state index contributed by atoms with van der Waals surface area (Å²) in [6.07, 6.45) is 0. The number of carbonyl (C=O) groups is 1. The van der Waals surface area contributed by atoms with E-state index in [9.17, 15) is 4.79 Å². The van der Waals surface area contributed by atoms with Gasteiger partial charge < -0.3 is 16.2 Å². The van der Waals surface area contributed by atoms with Crippen molar-refractivity contribution in [2.45, 2.75) is 6.61 Å². The van der Waals surface area contributed by atoms with Crippen molar-refractivity contribution in [3.05, 3.63) is 10.8 Å². The third-order valence-corrected chi connectivity index (χ3v) is 1.55. The Labute approximate surface area is 78.9 Å². The number of carbonyl (C=O) groups excluding carboxylic acids is 1. The van der Waals surface area contributed by atoms with Crippen LogP contribution in [0.2, 0.25) is 5.15 Å². The Morgan fingerprint density at radius 2 is 2.08 bits per heavy atom. The minimum absolute atomic E-state index is 0.0405. The summed E-state index contributed by atoms with van der Waals surface area (Å²) in [6, 6.07) is 0. The van der Waals surface area contributed by atoms with E-state index in [2.05, 4.69) is 14.7 Å². The summed E-state index contributed by atoms with van der Waals surface area (Å²) < 4.78 is 4.43. The van der Waals surface area contributed by atoms with Crippen LogP contribution in [0.1, 0.15) is 5.69 Å². The van der Waals surface area contributed by atoms with Gasteiger partial charge in [0.2, 0.25) is 0 Å². The molecule has 1 aromatic rings. The van der Waals surface area contributed by atoms with Gasteiger partial charge in [0.05, 0.1) is 0 Å². The number of nitrogens with two attached hydrogens (primary N) is 2. The van der Waals surface area contributed by atoms with Gasteiger partial charge in [0.25, 0.3) is 6.47 Å². The lowest BCUT2D eigenvalue weighted by Crippen LogP contribution is -2.06. The van der Waals surface area contributed by atoms with Crippen LogP contribution in [0.4, 0.5) is 11.6 Å². The van der Waals surface area contributed by atoms with Crippen molar-refractivity contribution in [3.63, 3.8) is 0 Å². The van der Waals surface area contributed by atoms with Crippen LogP contribution in [0.15, 0.2) is 0 Å². The molecule has 0 radical (unpaired) electrons. The molecular weight excluding hydrogens is 196 g/mol. The standard InChI is InChI=1S/C6H7ClN4O2/c7-4-6(9)11-5(8)3(10-4)1-13-2-12/h2H,1H2,(H4,8,9,11). The first-order chi connectivity index (χ1) is 6.15. The molecule has 70 valence electrons. The van der Waals surface area contributed by atoms with E-state index in [4.69, 9.17) is 23.1 Å². The van der Waals surface area contributed by atoms with Crippen LogP contribution in [0.5, 0.6) is 0 Å². The zero-order chi connectivity index (χ0) is 9.84. The molecule has 0 saturated heterocycles. The van der Waals surface area contributed by atoms with Gasteiger partial charge in [0.15, 0.2) is 16.8 Å². The van der Waals surface area contributed by atoms with Gasteiger partial charge in [0, 0.05) is 0 Å². The van der Waals surface area contributed by atoms with Gasteiger partial charge in [-0.05, 0) is 0 Å². The third kappa shape index (κ3) is 2.19. The number of halogens is 1.